The summed E-state index contributed by atoms with van der Waals surface area (Å²) in [4.78, 5) is 26.4. The number of aromatic nitrogens is 10. The zero-order valence-electron chi connectivity index (χ0n) is 30.6. The number of anilines is 4. The number of nitrogens with one attached hydrogen (secondary N) is 2. The molecule has 0 aliphatic rings. The third kappa shape index (κ3) is 7.60. The van der Waals surface area contributed by atoms with Crippen LogP contribution >= 0.6 is 0 Å². The van der Waals surface area contributed by atoms with Gasteiger partial charge >= 0.3 is 0 Å². The molecule has 0 bridgehead atoms. The first kappa shape index (κ1) is 36.2. The molecular weight excluding hydrogens is 719 g/mol. The number of aryl methyl sites for hydroxylation is 2. The van der Waals surface area contributed by atoms with Crippen LogP contribution in [0.3, 0.4) is 0 Å². The molecule has 8 aromatic rings. The molecule has 0 fully saturated rings. The second-order valence-corrected chi connectivity index (χ2v) is 13.5. The van der Waals surface area contributed by atoms with E-state index in [9.17, 15) is 14.6 Å². The first-order chi connectivity index (χ1) is 27.1. The van der Waals surface area contributed by atoms with Crippen molar-refractivity contribution < 1.29 is 19.0 Å². The number of nitrogens with zero attached hydrogens (tertiary/aromatic N) is 10. The van der Waals surface area contributed by atoms with Crippen molar-refractivity contribution in [2.75, 3.05) is 10.6 Å². The maximum Gasteiger partial charge on any atom is 0.151 e. The van der Waals surface area contributed by atoms with Crippen LogP contribution in [0.15, 0.2) is 91.8 Å². The van der Waals surface area contributed by atoms with Crippen molar-refractivity contribution in [3.63, 3.8) is 0 Å². The van der Waals surface area contributed by atoms with Crippen molar-refractivity contribution in [3.05, 3.63) is 120 Å². The van der Waals surface area contributed by atoms with Crippen molar-refractivity contribution in [3.8, 4) is 22.8 Å². The molecule has 14 nitrogen and oxygen atoms in total. The van der Waals surface area contributed by atoms with Crippen LogP contribution in [0.1, 0.15) is 23.9 Å². The molecule has 8 aromatic heterocycles. The van der Waals surface area contributed by atoms with E-state index in [2.05, 4.69) is 50.7 Å². The zero-order chi connectivity index (χ0) is 38.9. The highest BCUT2D eigenvalue weighted by Crippen LogP contribution is 2.30. The van der Waals surface area contributed by atoms with Gasteiger partial charge in [0.15, 0.2) is 11.6 Å². The second kappa shape index (κ2) is 15.2. The number of halogens is 2. The Hall–Kier alpha value is -6.78. The standard InChI is InChI=1S/C40H36F2N12O2/c1-22-4-5-29(41)37(48-22)33-17-27(7-11-43-33)51-32-9-13-45-35-18-47-54(40(32)35)20-28(56)14-25-15-30(42)38(49-24(25)3)34-16-26(6-10-44-34)50-31-8-12-46-36-21-53(19-23(2)55)52-39(31)36/h4-13,15-18,21,23,28,55-56H,14,19-20H2,1-3H3,(H,44,50)(H,43,45,51). The zero-order valence-corrected chi connectivity index (χ0v) is 30.6. The van der Waals surface area contributed by atoms with Gasteiger partial charge in [-0.15, -0.1) is 0 Å². The van der Waals surface area contributed by atoms with Crippen LogP contribution in [0.25, 0.3) is 44.8 Å². The van der Waals surface area contributed by atoms with Gasteiger partial charge in [0.05, 0.1) is 60.5 Å². The minimum Gasteiger partial charge on any atom is -0.391 e. The number of hydrogen-bond donors (Lipinski definition) is 4. The quantitative estimate of drug-likeness (QED) is 0.107. The average Bonchev–Trinajstić information content (AvgIpc) is 3.78. The van der Waals surface area contributed by atoms with Crippen molar-refractivity contribution in [1.29, 1.82) is 0 Å². The topological polar surface area (TPSA) is 177 Å². The fraction of sp³-hybridized carbons (Fsp3) is 0.200. The SMILES string of the molecule is Cc1ccc(F)c(-c2cc(Nc3ccnc4cnn(CC(O)Cc5cc(F)c(-c6cc(Nc7ccnc8cn(CC(C)O)nc78)ccn6)nc5C)c34)ccn2)n1. The van der Waals surface area contributed by atoms with E-state index < -0.39 is 23.8 Å². The van der Waals surface area contributed by atoms with Gasteiger partial charge in [-0.05, 0) is 80.9 Å². The smallest absolute Gasteiger partial charge is 0.151 e. The molecule has 0 saturated heterocycles. The lowest BCUT2D eigenvalue weighted by molar-refractivity contribution is 0.151. The summed E-state index contributed by atoms with van der Waals surface area (Å²) in [6.45, 7) is 5.65. The Morgan fingerprint density at radius 3 is 2.12 bits per heavy atom. The third-order valence-electron chi connectivity index (χ3n) is 9.09. The van der Waals surface area contributed by atoms with E-state index in [1.165, 1.54) is 12.1 Å². The Morgan fingerprint density at radius 2 is 1.39 bits per heavy atom. The van der Waals surface area contributed by atoms with Crippen molar-refractivity contribution in [2.24, 2.45) is 0 Å². The molecule has 0 amide bonds. The Labute approximate surface area is 319 Å². The van der Waals surface area contributed by atoms with Crippen molar-refractivity contribution in [2.45, 2.75) is 52.5 Å². The van der Waals surface area contributed by atoms with E-state index in [0.29, 0.717) is 79.7 Å². The molecule has 282 valence electrons. The minimum absolute atomic E-state index is 0.0746. The number of aliphatic hydroxyl groups is 2. The molecule has 8 rings (SSSR count). The van der Waals surface area contributed by atoms with Gasteiger partial charge in [0.25, 0.3) is 0 Å². The van der Waals surface area contributed by atoms with E-state index >= 15 is 4.39 Å². The molecule has 0 spiro atoms. The van der Waals surface area contributed by atoms with E-state index in [-0.39, 0.29) is 24.4 Å². The molecule has 2 atom stereocenters. The number of fused-ring (bicyclic) bond motifs is 2. The summed E-state index contributed by atoms with van der Waals surface area (Å²) in [7, 11) is 0. The molecule has 0 aromatic carbocycles. The fourth-order valence-electron chi connectivity index (χ4n) is 6.52. The Kier molecular flexibility index (Phi) is 9.80. The molecule has 8 heterocycles. The number of aliphatic hydroxyl groups excluding tert-OH is 2. The van der Waals surface area contributed by atoms with Crippen LogP contribution < -0.4 is 10.6 Å². The fourth-order valence-corrected chi connectivity index (χ4v) is 6.52. The summed E-state index contributed by atoms with van der Waals surface area (Å²) in [5.74, 6) is -1.05. The van der Waals surface area contributed by atoms with Gasteiger partial charge in [0, 0.05) is 54.0 Å². The molecule has 4 N–H and O–H groups in total. The molecule has 0 aliphatic heterocycles. The first-order valence-electron chi connectivity index (χ1n) is 17.8. The lowest BCUT2D eigenvalue weighted by Gasteiger charge is -2.16. The Bertz CT molecular complexity index is 2720. The maximum atomic E-state index is 15.8. The monoisotopic (exact) mass is 754 g/mol. The second-order valence-electron chi connectivity index (χ2n) is 13.5. The molecular formula is C40H36F2N12O2. The van der Waals surface area contributed by atoms with Gasteiger partial charge in [-0.1, -0.05) is 0 Å². The minimum atomic E-state index is -0.952. The average molecular weight is 755 g/mol. The van der Waals surface area contributed by atoms with Gasteiger partial charge in [-0.3, -0.25) is 29.3 Å². The Balaban J connectivity index is 0.986. The predicted octanol–water partition coefficient (Wildman–Crippen LogP) is 6.46. The third-order valence-corrected chi connectivity index (χ3v) is 9.09. The van der Waals surface area contributed by atoms with Crippen LogP contribution in [0, 0.1) is 25.5 Å². The van der Waals surface area contributed by atoms with Gasteiger partial charge in [0.2, 0.25) is 0 Å². The summed E-state index contributed by atoms with van der Waals surface area (Å²) >= 11 is 0. The highest BCUT2D eigenvalue weighted by Gasteiger charge is 2.19. The van der Waals surface area contributed by atoms with Gasteiger partial charge < -0.3 is 20.8 Å². The van der Waals surface area contributed by atoms with E-state index in [0.717, 1.165) is 0 Å². The maximum absolute atomic E-state index is 15.8. The molecule has 16 heteroatoms. The summed E-state index contributed by atoms with van der Waals surface area (Å²) in [6.07, 6.45) is 8.41. The number of pyridine rings is 6. The number of rotatable bonds is 12. The van der Waals surface area contributed by atoms with Gasteiger partial charge in [0.1, 0.15) is 33.5 Å². The molecule has 56 heavy (non-hydrogen) atoms. The normalized spacial score (nSPS) is 12.6. The van der Waals surface area contributed by atoms with Crippen LogP contribution in [0.2, 0.25) is 0 Å². The van der Waals surface area contributed by atoms with Crippen molar-refractivity contribution >= 4 is 44.8 Å². The first-order valence-corrected chi connectivity index (χ1v) is 17.8. The summed E-state index contributed by atoms with van der Waals surface area (Å²) < 4.78 is 33.6. The van der Waals surface area contributed by atoms with E-state index in [1.807, 2.05) is 0 Å². The van der Waals surface area contributed by atoms with Crippen LogP contribution in [-0.4, -0.2) is 71.9 Å². The Morgan fingerprint density at radius 1 is 0.732 bits per heavy atom. The predicted molar refractivity (Wildman–Crippen MR) is 207 cm³/mol. The highest BCUT2D eigenvalue weighted by atomic mass is 19.1. The van der Waals surface area contributed by atoms with E-state index in [4.69, 9.17) is 0 Å². The van der Waals surface area contributed by atoms with Gasteiger partial charge in [-0.2, -0.15) is 10.2 Å². The summed E-state index contributed by atoms with van der Waals surface area (Å²) in [5, 5.41) is 36.8. The van der Waals surface area contributed by atoms with Crippen molar-refractivity contribution in [1.82, 2.24) is 49.5 Å². The largest absolute Gasteiger partial charge is 0.391 e. The van der Waals surface area contributed by atoms with Crippen LogP contribution in [-0.2, 0) is 19.5 Å². The lowest BCUT2D eigenvalue weighted by Crippen LogP contribution is -2.20. The number of hydrogen-bond acceptors (Lipinski definition) is 12. The molecule has 0 saturated carbocycles. The van der Waals surface area contributed by atoms with E-state index in [1.54, 1.807) is 110 Å². The lowest BCUT2D eigenvalue weighted by atomic mass is 10.0. The molecule has 2 unspecified atom stereocenters. The highest BCUT2D eigenvalue weighted by molar-refractivity contribution is 5.90. The summed E-state index contributed by atoms with van der Waals surface area (Å²) in [5.41, 5.74) is 7.82. The molecule has 0 aliphatic carbocycles. The van der Waals surface area contributed by atoms with Crippen LogP contribution in [0.5, 0.6) is 0 Å². The van der Waals surface area contributed by atoms with Crippen LogP contribution in [0.4, 0.5) is 31.5 Å². The van der Waals surface area contributed by atoms with Gasteiger partial charge in [-0.25, -0.2) is 18.7 Å². The molecule has 0 radical (unpaired) electrons. The summed E-state index contributed by atoms with van der Waals surface area (Å²) in [6, 6.07) is 14.8.